The number of carboxylic acid groups (broad SMARTS) is 1. The average molecular weight is 203 g/mol. The van der Waals surface area contributed by atoms with E-state index < -0.39 is 12.0 Å². The number of rotatable bonds is 7. The zero-order valence-electron chi connectivity index (χ0n) is 8.58. The molecule has 0 bridgehead atoms. The Balaban J connectivity index is 3.99. The molecule has 0 spiro atoms. The molecule has 5 heteroatoms. The number of aliphatic carboxylic acids is 1. The van der Waals surface area contributed by atoms with Crippen LogP contribution in [-0.4, -0.2) is 36.2 Å². The Hall–Kier alpha value is -1.10. The van der Waals surface area contributed by atoms with E-state index in [0.717, 1.165) is 6.42 Å². The Morgan fingerprint density at radius 2 is 2.07 bits per heavy atom. The first kappa shape index (κ1) is 12.9. The zero-order valence-corrected chi connectivity index (χ0v) is 8.58. The van der Waals surface area contributed by atoms with Gasteiger partial charge >= 0.3 is 11.9 Å². The Morgan fingerprint density at radius 3 is 2.50 bits per heavy atom. The second kappa shape index (κ2) is 7.32. The van der Waals surface area contributed by atoms with Gasteiger partial charge in [-0.15, -0.1) is 0 Å². The predicted molar refractivity (Wildman–Crippen MR) is 51.0 cm³/mol. The van der Waals surface area contributed by atoms with Crippen LogP contribution < -0.4 is 5.32 Å². The van der Waals surface area contributed by atoms with Gasteiger partial charge in [0.2, 0.25) is 0 Å². The lowest BCUT2D eigenvalue weighted by Crippen LogP contribution is -2.40. The van der Waals surface area contributed by atoms with Crippen LogP contribution >= 0.6 is 0 Å². The maximum Gasteiger partial charge on any atom is 0.323 e. The van der Waals surface area contributed by atoms with Crippen LogP contribution in [0.1, 0.15) is 26.7 Å². The Kier molecular flexibility index (Phi) is 6.74. The highest BCUT2D eigenvalue weighted by atomic mass is 16.5. The molecule has 0 aliphatic heterocycles. The number of carbonyl (C=O) groups excluding carboxylic acids is 1. The van der Waals surface area contributed by atoms with Crippen molar-refractivity contribution in [2.75, 3.05) is 13.2 Å². The molecule has 0 aromatic carbocycles. The molecule has 0 fully saturated rings. The van der Waals surface area contributed by atoms with E-state index in [2.05, 4.69) is 5.32 Å². The zero-order chi connectivity index (χ0) is 11.0. The summed E-state index contributed by atoms with van der Waals surface area (Å²) in [5, 5.41) is 11.1. The van der Waals surface area contributed by atoms with E-state index in [0.29, 0.717) is 13.0 Å². The Labute approximate surface area is 83.4 Å². The Bertz CT molecular complexity index is 193. The van der Waals surface area contributed by atoms with Crippen LogP contribution in [0.25, 0.3) is 0 Å². The largest absolute Gasteiger partial charge is 0.480 e. The van der Waals surface area contributed by atoms with Gasteiger partial charge in [0.1, 0.15) is 6.04 Å². The highest BCUT2D eigenvalue weighted by molar-refractivity contribution is 5.77. The van der Waals surface area contributed by atoms with E-state index in [1.807, 2.05) is 6.92 Å². The molecule has 0 amide bonds. The van der Waals surface area contributed by atoms with Crippen LogP contribution in [0.4, 0.5) is 0 Å². The fraction of sp³-hybridized carbons (Fsp3) is 0.778. The molecule has 0 rings (SSSR count). The lowest BCUT2D eigenvalue weighted by atomic mass is 10.1. The fourth-order valence-electron chi connectivity index (χ4n) is 1.05. The average Bonchev–Trinajstić information content (AvgIpc) is 2.12. The van der Waals surface area contributed by atoms with Crippen molar-refractivity contribution in [2.45, 2.75) is 32.7 Å². The maximum absolute atomic E-state index is 11.3. The summed E-state index contributed by atoms with van der Waals surface area (Å²) >= 11 is 0. The number of hydrogen-bond acceptors (Lipinski definition) is 4. The van der Waals surface area contributed by atoms with Gasteiger partial charge in [0, 0.05) is 0 Å². The molecule has 5 nitrogen and oxygen atoms in total. The topological polar surface area (TPSA) is 75.6 Å². The molecule has 0 aromatic heterocycles. The smallest absolute Gasteiger partial charge is 0.323 e. The SMILES string of the molecule is CCCC(NCC(=O)O)C(=O)OCC. The molecule has 0 radical (unpaired) electrons. The summed E-state index contributed by atoms with van der Waals surface area (Å²) in [6.07, 6.45) is 1.39. The van der Waals surface area contributed by atoms with Crippen LogP contribution in [-0.2, 0) is 14.3 Å². The molecule has 0 aromatic rings. The third kappa shape index (κ3) is 5.53. The van der Waals surface area contributed by atoms with E-state index in [1.165, 1.54) is 0 Å². The molecule has 2 N–H and O–H groups in total. The van der Waals surface area contributed by atoms with Gasteiger partial charge < -0.3 is 9.84 Å². The molecule has 0 aliphatic rings. The summed E-state index contributed by atoms with van der Waals surface area (Å²) in [7, 11) is 0. The molecule has 1 unspecified atom stereocenters. The van der Waals surface area contributed by atoms with Crippen LogP contribution in [0.2, 0.25) is 0 Å². The number of carbonyl (C=O) groups is 2. The molecule has 0 heterocycles. The monoisotopic (exact) mass is 203 g/mol. The van der Waals surface area contributed by atoms with Crippen molar-refractivity contribution >= 4 is 11.9 Å². The Morgan fingerprint density at radius 1 is 1.43 bits per heavy atom. The number of nitrogens with one attached hydrogen (secondary N) is 1. The number of hydrogen-bond donors (Lipinski definition) is 2. The summed E-state index contributed by atoms with van der Waals surface area (Å²) in [5.74, 6) is -1.36. The number of esters is 1. The van der Waals surface area contributed by atoms with Gasteiger partial charge in [-0.1, -0.05) is 13.3 Å². The van der Waals surface area contributed by atoms with Crippen molar-refractivity contribution in [2.24, 2.45) is 0 Å². The van der Waals surface area contributed by atoms with Crippen LogP contribution in [0.3, 0.4) is 0 Å². The summed E-state index contributed by atoms with van der Waals surface area (Å²) < 4.78 is 4.79. The summed E-state index contributed by atoms with van der Waals surface area (Å²) in [6.45, 7) is 3.74. The molecule has 0 saturated heterocycles. The molecule has 82 valence electrons. The van der Waals surface area contributed by atoms with Crippen LogP contribution in [0.5, 0.6) is 0 Å². The summed E-state index contributed by atoms with van der Waals surface area (Å²) in [5.41, 5.74) is 0. The fourth-order valence-corrected chi connectivity index (χ4v) is 1.05. The third-order valence-electron chi connectivity index (χ3n) is 1.65. The normalized spacial score (nSPS) is 12.1. The molecular weight excluding hydrogens is 186 g/mol. The lowest BCUT2D eigenvalue weighted by Gasteiger charge is -2.14. The number of ether oxygens (including phenoxy) is 1. The van der Waals surface area contributed by atoms with E-state index >= 15 is 0 Å². The van der Waals surface area contributed by atoms with E-state index in [-0.39, 0.29) is 12.5 Å². The van der Waals surface area contributed by atoms with Crippen LogP contribution in [0, 0.1) is 0 Å². The van der Waals surface area contributed by atoms with Crippen molar-refractivity contribution in [3.8, 4) is 0 Å². The van der Waals surface area contributed by atoms with Gasteiger partial charge in [0.05, 0.1) is 13.2 Å². The van der Waals surface area contributed by atoms with E-state index in [9.17, 15) is 9.59 Å². The van der Waals surface area contributed by atoms with Gasteiger partial charge in [0.25, 0.3) is 0 Å². The second-order valence-corrected chi connectivity index (χ2v) is 2.87. The van der Waals surface area contributed by atoms with Gasteiger partial charge in [0.15, 0.2) is 0 Å². The van der Waals surface area contributed by atoms with Gasteiger partial charge in [-0.2, -0.15) is 0 Å². The molecular formula is C9H17NO4. The summed E-state index contributed by atoms with van der Waals surface area (Å²) in [6, 6.07) is -0.504. The minimum Gasteiger partial charge on any atom is -0.480 e. The van der Waals surface area contributed by atoms with Gasteiger partial charge in [-0.25, -0.2) is 0 Å². The molecule has 0 saturated carbocycles. The number of carboxylic acids is 1. The van der Waals surface area contributed by atoms with Crippen molar-refractivity contribution in [1.29, 1.82) is 0 Å². The maximum atomic E-state index is 11.3. The lowest BCUT2D eigenvalue weighted by molar-refractivity contribution is -0.146. The molecule has 0 aliphatic carbocycles. The van der Waals surface area contributed by atoms with Crippen molar-refractivity contribution in [3.05, 3.63) is 0 Å². The predicted octanol–water partition coefficient (Wildman–Crippen LogP) is 0.392. The second-order valence-electron chi connectivity index (χ2n) is 2.87. The molecule has 1 atom stereocenters. The van der Waals surface area contributed by atoms with Crippen molar-refractivity contribution < 1.29 is 19.4 Å². The van der Waals surface area contributed by atoms with Crippen LogP contribution in [0.15, 0.2) is 0 Å². The first-order valence-electron chi connectivity index (χ1n) is 4.73. The first-order valence-corrected chi connectivity index (χ1v) is 4.73. The quantitative estimate of drug-likeness (QED) is 0.585. The first-order chi connectivity index (χ1) is 6.61. The van der Waals surface area contributed by atoms with Crippen molar-refractivity contribution in [1.82, 2.24) is 5.32 Å². The van der Waals surface area contributed by atoms with E-state index in [1.54, 1.807) is 6.92 Å². The summed E-state index contributed by atoms with van der Waals surface area (Å²) in [4.78, 5) is 21.5. The van der Waals surface area contributed by atoms with Crippen molar-refractivity contribution in [3.63, 3.8) is 0 Å². The standard InChI is InChI=1S/C9H17NO4/c1-3-5-7(9(13)14-4-2)10-6-8(11)12/h7,10H,3-6H2,1-2H3,(H,11,12). The third-order valence-corrected chi connectivity index (χ3v) is 1.65. The highest BCUT2D eigenvalue weighted by Gasteiger charge is 2.18. The minimum absolute atomic E-state index is 0.219. The van der Waals surface area contributed by atoms with Gasteiger partial charge in [-0.3, -0.25) is 14.9 Å². The van der Waals surface area contributed by atoms with E-state index in [4.69, 9.17) is 9.84 Å². The highest BCUT2D eigenvalue weighted by Crippen LogP contribution is 1.99. The minimum atomic E-state index is -0.976. The molecule has 14 heavy (non-hydrogen) atoms. The van der Waals surface area contributed by atoms with Gasteiger partial charge in [-0.05, 0) is 13.3 Å².